The highest BCUT2D eigenvalue weighted by Gasteiger charge is 2.42. The van der Waals surface area contributed by atoms with Gasteiger partial charge >= 0.3 is 60.6 Å². The Kier molecular flexibility index (Phi) is 28.0. The molecular weight excluding hydrogens is 2010 g/mol. The molecule has 0 spiro atoms. The minimum atomic E-state index is -4.22. The van der Waals surface area contributed by atoms with E-state index in [0.29, 0.717) is 101 Å². The summed E-state index contributed by atoms with van der Waals surface area (Å²) >= 11 is 0. The Morgan fingerprint density at radius 3 is 0.953 bits per heavy atom. The quantitative estimate of drug-likeness (QED) is 0.0359. The lowest BCUT2D eigenvalue weighted by Gasteiger charge is -2.17. The van der Waals surface area contributed by atoms with Crippen molar-refractivity contribution in [3.8, 4) is 23.1 Å². The lowest BCUT2D eigenvalue weighted by molar-refractivity contribution is 0.101. The van der Waals surface area contributed by atoms with E-state index in [0.717, 1.165) is 339 Å². The number of amides is 10. The lowest BCUT2D eigenvalue weighted by atomic mass is 9.99. The molecule has 1 fully saturated rings. The van der Waals surface area contributed by atoms with Gasteiger partial charge in [0.1, 0.15) is 11.5 Å². The molecule has 5 aliphatic heterocycles. The van der Waals surface area contributed by atoms with Crippen molar-refractivity contribution in [3.05, 3.63) is 176 Å². The molecule has 11 aliphatic carbocycles. The average molecular weight is 2140 g/mol. The Hall–Kier alpha value is -12.6. The topological polar surface area (TPSA) is 528 Å². The molecule has 5 aromatic heterocycles. The number of carbonyl (C=O) groups excluding carboxylic acids is 5. The van der Waals surface area contributed by atoms with Gasteiger partial charge in [-0.2, -0.15) is 67.4 Å². The monoisotopic (exact) mass is 2140 g/mol. The fraction of sp³-hybridized carbons (Fsp3) is 0.519. The van der Waals surface area contributed by atoms with Crippen LogP contribution in [0.15, 0.2) is 64.7 Å². The van der Waals surface area contributed by atoms with Crippen LogP contribution in [0.25, 0.3) is 0 Å². The van der Waals surface area contributed by atoms with Crippen molar-refractivity contribution in [1.29, 1.82) is 0 Å². The molecule has 0 atom stereocenters. The first-order chi connectivity index (χ1) is 71.8. The number of fused-ring (bicyclic) bond motifs is 15. The van der Waals surface area contributed by atoms with Gasteiger partial charge in [0.15, 0.2) is 23.0 Å². The molecule has 16 aliphatic rings. The van der Waals surface area contributed by atoms with Crippen molar-refractivity contribution in [1.82, 2.24) is 62.9 Å². The Balaban J connectivity index is 0.000000106. The number of hydrogen-bond acceptors (Lipinski definition) is 27. The molecular formula is C104H124N18O22S5. The van der Waals surface area contributed by atoms with Crippen LogP contribution >= 0.6 is 0 Å². The van der Waals surface area contributed by atoms with Crippen molar-refractivity contribution >= 4 is 109 Å². The van der Waals surface area contributed by atoms with E-state index in [1.807, 2.05) is 30.2 Å². The van der Waals surface area contributed by atoms with Crippen molar-refractivity contribution in [2.75, 3.05) is 59.6 Å². The number of nitrogens with zero attached hydrogens (tertiary/aromatic N) is 8. The van der Waals surface area contributed by atoms with Crippen LogP contribution in [0.2, 0.25) is 0 Å². The van der Waals surface area contributed by atoms with E-state index in [2.05, 4.69) is 96.3 Å². The molecule has 26 rings (SSSR count). The molecule has 792 valence electrons. The Labute approximate surface area is 864 Å². The number of nitrogens with one attached hydrogen (secondary N) is 10. The molecule has 10 aromatic rings. The predicted octanol–water partition coefficient (Wildman–Crippen LogP) is 13.8. The van der Waals surface area contributed by atoms with Gasteiger partial charge in [-0.3, -0.25) is 14.0 Å². The number of ether oxygens (including phenoxy) is 5. The van der Waals surface area contributed by atoms with Crippen LogP contribution in [0, 0.1) is 5.92 Å². The highest BCUT2D eigenvalue weighted by molar-refractivity contribution is 7.91. The summed E-state index contributed by atoms with van der Waals surface area (Å²) in [6, 6.07) is 7.49. The molecule has 10 heterocycles. The third kappa shape index (κ3) is 20.6. The van der Waals surface area contributed by atoms with Gasteiger partial charge in [-0.05, 0) is 388 Å². The van der Waals surface area contributed by atoms with Crippen LogP contribution in [-0.2, 0) is 235 Å². The number of sulfonamides is 5. The second-order valence-electron chi connectivity index (χ2n) is 41.4. The summed E-state index contributed by atoms with van der Waals surface area (Å²) in [5.41, 5.74) is 31.0. The Morgan fingerprint density at radius 2 is 0.624 bits per heavy atom. The van der Waals surface area contributed by atoms with E-state index in [1.165, 1.54) is 55.6 Å². The third-order valence-electron chi connectivity index (χ3n) is 31.0. The van der Waals surface area contributed by atoms with Gasteiger partial charge in [-0.15, -0.1) is 0 Å². The van der Waals surface area contributed by atoms with Crippen LogP contribution in [0.4, 0.5) is 52.4 Å². The average Bonchev–Trinajstić information content (AvgIpc) is 1.61. The van der Waals surface area contributed by atoms with Gasteiger partial charge in [0, 0.05) is 60.4 Å². The van der Waals surface area contributed by atoms with Gasteiger partial charge < -0.3 is 59.1 Å². The van der Waals surface area contributed by atoms with Crippen LogP contribution < -0.4 is 69.1 Å². The summed E-state index contributed by atoms with van der Waals surface area (Å²) in [5.74, 6) is 2.46. The Morgan fingerprint density at radius 1 is 0.329 bits per heavy atom. The highest BCUT2D eigenvalue weighted by Crippen LogP contribution is 2.47. The van der Waals surface area contributed by atoms with Crippen molar-refractivity contribution < 1.29 is 98.6 Å². The van der Waals surface area contributed by atoms with Gasteiger partial charge in [-0.1, -0.05) is 30.3 Å². The number of urea groups is 5. The second-order valence-corrected chi connectivity index (χ2v) is 49.3. The summed E-state index contributed by atoms with van der Waals surface area (Å²) in [4.78, 5) is 71.4. The molecule has 45 heteroatoms. The molecule has 149 heavy (non-hydrogen) atoms. The van der Waals surface area contributed by atoms with Crippen LogP contribution in [0.3, 0.4) is 0 Å². The number of hydrogen-bond donors (Lipinski definition) is 10. The van der Waals surface area contributed by atoms with Crippen LogP contribution in [-0.4, -0.2) is 145 Å². The van der Waals surface area contributed by atoms with E-state index in [-0.39, 0.29) is 45.1 Å². The fourth-order valence-electron chi connectivity index (χ4n) is 24.2. The zero-order valence-electron chi connectivity index (χ0n) is 83.8. The summed E-state index contributed by atoms with van der Waals surface area (Å²) in [5, 5.41) is 25.5. The van der Waals surface area contributed by atoms with Crippen LogP contribution in [0.5, 0.6) is 23.1 Å². The molecule has 5 aromatic carbocycles. The minimum Gasteiger partial charge on any atom is -0.489 e. The van der Waals surface area contributed by atoms with E-state index in [9.17, 15) is 66.1 Å². The normalized spacial score (nSPS) is 17.7. The maximum Gasteiger partial charge on any atom is 0.340 e. The summed E-state index contributed by atoms with van der Waals surface area (Å²) in [6.07, 6.45) is 38.3. The molecule has 0 bridgehead atoms. The van der Waals surface area contributed by atoms with E-state index in [1.54, 1.807) is 14.0 Å². The van der Waals surface area contributed by atoms with Crippen molar-refractivity contribution in [2.45, 2.75) is 335 Å². The second kappa shape index (κ2) is 41.3. The van der Waals surface area contributed by atoms with Gasteiger partial charge in [-0.25, -0.2) is 47.6 Å². The maximum absolute atomic E-state index is 13.2. The lowest BCUT2D eigenvalue weighted by Crippen LogP contribution is -2.35. The number of oxazole rings is 2. The molecule has 0 unspecified atom stereocenters. The van der Waals surface area contributed by atoms with Crippen LogP contribution in [0.1, 0.15) is 275 Å². The SMILES string of the molecule is CC(C)n1nc(S(=O)(=O)NC(=O)Nc2c3c(cc4c2CCC4)CCC3)c2c1CCCO2.CCn1nc(S(=O)(=O)NC(=O)Nc2c3c(cc4c2CCC4)CCC3)c2c1CCCO2.O=C(Nc1c2c(cc3c1CCC3)CCC2)NS(=O)(=O)c1nc2c(o1)CCCO2.O=C(Nc1c2c(cc3c1CCC3)CCC2)NS(=O)(=O)c1nc2c(o1)CCOC2.O=C(Nc1c2c(cc3c1CCC3)CCC2)NS(=O)(=O)c1nn(CC2CC2)c2c1OCCC2. The van der Waals surface area contributed by atoms with Gasteiger partial charge in [0.05, 0.1) is 56.7 Å². The molecule has 10 amide bonds. The van der Waals surface area contributed by atoms with E-state index >= 15 is 0 Å². The molecule has 10 N–H and O–H groups in total. The van der Waals surface area contributed by atoms with Crippen molar-refractivity contribution in [3.63, 3.8) is 0 Å². The Bertz CT molecular complexity index is 7370. The summed E-state index contributed by atoms with van der Waals surface area (Å²) in [6.45, 7) is 9.50. The first-order valence-electron chi connectivity index (χ1n) is 52.7. The predicted molar refractivity (Wildman–Crippen MR) is 546 cm³/mol. The highest BCUT2D eigenvalue weighted by atomic mass is 32.2. The first kappa shape index (κ1) is 101. The molecule has 40 nitrogen and oxygen atoms in total. The summed E-state index contributed by atoms with van der Waals surface area (Å²) < 4.78 is 182. The zero-order chi connectivity index (χ0) is 103. The number of rotatable bonds is 19. The number of aromatic nitrogens is 8. The third-order valence-corrected chi connectivity index (χ3v) is 36.9. The largest absolute Gasteiger partial charge is 0.489 e. The zero-order valence-corrected chi connectivity index (χ0v) is 87.9. The minimum absolute atomic E-state index is 0.0114. The fourth-order valence-corrected chi connectivity index (χ4v) is 28.9. The van der Waals surface area contributed by atoms with E-state index in [4.69, 9.17) is 32.5 Å². The van der Waals surface area contributed by atoms with E-state index < -0.39 is 90.7 Å². The number of aryl methyl sites for hydroxylation is 12. The van der Waals surface area contributed by atoms with Gasteiger partial charge in [0.2, 0.25) is 15.1 Å². The molecule has 1 saturated carbocycles. The first-order valence-corrected chi connectivity index (χ1v) is 60.2. The molecule has 0 saturated heterocycles. The standard InChI is InChI=1S/C23H28N4O4S.C22H28N4O4S.C21H26N4O4S.2C19H21N3O5S/c28-23(24-20-17-6-1-4-15(17)12-16-5-2-7-18(16)20)26-32(29,30)22-21-19(8-3-11-31-21)27(25-22)13-14-9-10-14;1-13(2)26-18-10-5-11-30-20(18)21(24-26)31(28,29)25-22(27)23-19-16-8-3-6-14(16)12-15-7-4-9-17(15)19;1-2-25-17-10-5-11-29-19(17)20(23-25)30(27,28)24-21(26)22-18-15-8-3-6-13(15)12-14-7-4-9-16(14)18;23-18(22-28(24,25)19-21-17-15(27-19)8-3-9-26-17)20-16-13-6-1-4-11(13)10-12-5-2-7-14(12)16;23-18(22-28(24,25)19-20-15-10-26-8-7-16(15)27-19)21-17-13-5-1-3-11(13)9-12-4-2-6-14(12)17/h12,14H,1-11,13H2,(H2,24,26,28);12-13H,3-11H2,1-2H3,(H2,23,25,27);12H,2-11H2,1H3,(H2,22,24,26);10H,1-9H2,(H2,20,22,23);9H,1-8,10H2,(H2,21,22,23). The smallest absolute Gasteiger partial charge is 0.340 e. The molecule has 0 radical (unpaired) electrons. The van der Waals surface area contributed by atoms with Gasteiger partial charge in [0.25, 0.3) is 35.9 Å². The van der Waals surface area contributed by atoms with Crippen molar-refractivity contribution in [2.24, 2.45) is 5.92 Å². The number of anilines is 5. The number of carbonyl (C=O) groups is 5. The summed E-state index contributed by atoms with van der Waals surface area (Å²) in [7, 11) is -20.9. The maximum atomic E-state index is 13.2. The number of benzene rings is 5.